The highest BCUT2D eigenvalue weighted by Crippen LogP contribution is 2.29. The summed E-state index contributed by atoms with van der Waals surface area (Å²) < 4.78 is 30.7. The quantitative estimate of drug-likeness (QED) is 0.589. The van der Waals surface area contributed by atoms with Crippen molar-refractivity contribution in [1.29, 1.82) is 0 Å². The van der Waals surface area contributed by atoms with Gasteiger partial charge in [0.05, 0.1) is 19.3 Å². The third-order valence-electron chi connectivity index (χ3n) is 4.10. The maximum absolute atomic E-state index is 12.2. The lowest BCUT2D eigenvalue weighted by Gasteiger charge is -2.32. The lowest BCUT2D eigenvalue weighted by atomic mass is 9.90. The normalized spacial score (nSPS) is 19.3. The van der Waals surface area contributed by atoms with Crippen LogP contribution in [0.4, 0.5) is 0 Å². The van der Waals surface area contributed by atoms with E-state index in [4.69, 9.17) is 4.74 Å². The molecule has 1 fully saturated rings. The van der Waals surface area contributed by atoms with E-state index in [1.54, 1.807) is 4.31 Å². The lowest BCUT2D eigenvalue weighted by molar-refractivity contribution is -0.139. The molecule has 0 radical (unpaired) electrons. The fourth-order valence-electron chi connectivity index (χ4n) is 2.92. The summed E-state index contributed by atoms with van der Waals surface area (Å²) in [5.41, 5.74) is 1.96. The van der Waals surface area contributed by atoms with Crippen molar-refractivity contribution in [3.63, 3.8) is 0 Å². The van der Waals surface area contributed by atoms with Gasteiger partial charge < -0.3 is 4.74 Å². The van der Waals surface area contributed by atoms with Crippen molar-refractivity contribution in [3.8, 4) is 0 Å². The number of methoxy groups -OCH3 is 1. The largest absolute Gasteiger partial charge is 0.469 e. The van der Waals surface area contributed by atoms with Crippen molar-refractivity contribution in [2.24, 2.45) is 0 Å². The summed E-state index contributed by atoms with van der Waals surface area (Å²) in [6.45, 7) is 4.56. The van der Waals surface area contributed by atoms with E-state index >= 15 is 0 Å². The third kappa shape index (κ3) is 4.65. The molecule has 1 saturated heterocycles. The van der Waals surface area contributed by atoms with E-state index in [9.17, 15) is 13.2 Å². The minimum atomic E-state index is -3.27. The summed E-state index contributed by atoms with van der Waals surface area (Å²) in [4.78, 5) is 11.4. The molecule has 0 aromatic heterocycles. The molecule has 0 spiro atoms. The zero-order chi connectivity index (χ0) is 16.9. The van der Waals surface area contributed by atoms with Gasteiger partial charge >= 0.3 is 5.97 Å². The Bertz CT molecular complexity index is 669. The zero-order valence-corrected chi connectivity index (χ0v) is 14.2. The van der Waals surface area contributed by atoms with E-state index in [1.165, 1.54) is 13.2 Å². The Morgan fingerprint density at radius 2 is 2.26 bits per heavy atom. The molecule has 1 aliphatic rings. The predicted octanol–water partition coefficient (Wildman–Crippen LogP) is 2.10. The van der Waals surface area contributed by atoms with Crippen molar-refractivity contribution in [3.05, 3.63) is 48.0 Å². The first kappa shape index (κ1) is 17.7. The summed E-state index contributed by atoms with van der Waals surface area (Å²) in [6, 6.07) is 7.76. The number of rotatable bonds is 6. The number of esters is 1. The minimum Gasteiger partial charge on any atom is -0.469 e. The SMILES string of the molecule is C=CCS(=O)(=O)N1CCCC(c2cccc(CC(=O)OC)c2)C1. The highest BCUT2D eigenvalue weighted by Gasteiger charge is 2.28. The number of carbonyl (C=O) groups is 1. The molecule has 23 heavy (non-hydrogen) atoms. The van der Waals surface area contributed by atoms with Crippen molar-refractivity contribution >= 4 is 16.0 Å². The van der Waals surface area contributed by atoms with Gasteiger partial charge in [0.1, 0.15) is 0 Å². The maximum Gasteiger partial charge on any atom is 0.309 e. The molecule has 0 amide bonds. The minimum absolute atomic E-state index is 0.0257. The standard InChI is InChI=1S/C17H23NO4S/c1-3-10-23(20,21)18-9-5-8-16(13-18)15-7-4-6-14(11-15)12-17(19)22-2/h3-4,6-7,11,16H,1,5,8-10,12-13H2,2H3. The van der Waals surface area contributed by atoms with E-state index in [0.29, 0.717) is 13.1 Å². The van der Waals surface area contributed by atoms with Crippen LogP contribution in [0.5, 0.6) is 0 Å². The van der Waals surface area contributed by atoms with Crippen LogP contribution in [0.15, 0.2) is 36.9 Å². The van der Waals surface area contributed by atoms with Gasteiger partial charge in [-0.05, 0) is 29.9 Å². The summed E-state index contributed by atoms with van der Waals surface area (Å²) in [6.07, 6.45) is 3.44. The van der Waals surface area contributed by atoms with Gasteiger partial charge in [0.2, 0.25) is 10.0 Å². The van der Waals surface area contributed by atoms with Crippen LogP contribution in [-0.4, -0.2) is 44.6 Å². The highest BCUT2D eigenvalue weighted by atomic mass is 32.2. The fourth-order valence-corrected chi connectivity index (χ4v) is 4.24. The van der Waals surface area contributed by atoms with Gasteiger partial charge in [-0.15, -0.1) is 6.58 Å². The Hall–Kier alpha value is -1.66. The highest BCUT2D eigenvalue weighted by molar-refractivity contribution is 7.89. The van der Waals surface area contributed by atoms with Gasteiger partial charge in [-0.1, -0.05) is 30.3 Å². The smallest absolute Gasteiger partial charge is 0.309 e. The first-order valence-electron chi connectivity index (χ1n) is 7.70. The first-order valence-corrected chi connectivity index (χ1v) is 9.31. The van der Waals surface area contributed by atoms with Crippen LogP contribution in [0.25, 0.3) is 0 Å². The summed E-state index contributed by atoms with van der Waals surface area (Å²) in [5.74, 6) is -0.149. The molecule has 1 unspecified atom stereocenters. The molecule has 126 valence electrons. The predicted molar refractivity (Wildman–Crippen MR) is 89.7 cm³/mol. The second-order valence-corrected chi connectivity index (χ2v) is 7.78. The van der Waals surface area contributed by atoms with Crippen LogP contribution in [0, 0.1) is 0 Å². The summed E-state index contributed by atoms with van der Waals surface area (Å²) in [5, 5.41) is 0. The molecule has 1 atom stereocenters. The summed E-state index contributed by atoms with van der Waals surface area (Å²) >= 11 is 0. The number of sulfonamides is 1. The number of carbonyl (C=O) groups excluding carboxylic acids is 1. The number of hydrogen-bond donors (Lipinski definition) is 0. The van der Waals surface area contributed by atoms with Gasteiger partial charge in [0, 0.05) is 13.1 Å². The van der Waals surface area contributed by atoms with Crippen LogP contribution >= 0.6 is 0 Å². The molecule has 1 aromatic rings. The maximum atomic E-state index is 12.2. The van der Waals surface area contributed by atoms with Gasteiger partial charge in [0.25, 0.3) is 0 Å². The van der Waals surface area contributed by atoms with Gasteiger partial charge in [-0.2, -0.15) is 0 Å². The molecule has 1 heterocycles. The second kappa shape index (κ2) is 7.75. The molecule has 0 N–H and O–H groups in total. The zero-order valence-electron chi connectivity index (χ0n) is 13.4. The molecule has 1 aliphatic heterocycles. The van der Waals surface area contributed by atoms with Crippen molar-refractivity contribution in [2.45, 2.75) is 25.2 Å². The molecule has 0 saturated carbocycles. The van der Waals surface area contributed by atoms with E-state index < -0.39 is 10.0 Å². The molecule has 0 aliphatic carbocycles. The van der Waals surface area contributed by atoms with Crippen LogP contribution in [0.1, 0.15) is 29.9 Å². The molecular weight excluding hydrogens is 314 g/mol. The first-order chi connectivity index (χ1) is 11.0. The fraction of sp³-hybridized carbons (Fsp3) is 0.471. The van der Waals surface area contributed by atoms with Crippen LogP contribution < -0.4 is 0 Å². The van der Waals surface area contributed by atoms with E-state index in [0.717, 1.165) is 24.0 Å². The molecule has 0 bridgehead atoms. The second-order valence-electron chi connectivity index (χ2n) is 5.76. The number of hydrogen-bond acceptors (Lipinski definition) is 4. The van der Waals surface area contributed by atoms with Crippen LogP contribution in [0.2, 0.25) is 0 Å². The Balaban J connectivity index is 2.14. The van der Waals surface area contributed by atoms with Crippen LogP contribution in [0.3, 0.4) is 0 Å². The van der Waals surface area contributed by atoms with Crippen molar-refractivity contribution in [1.82, 2.24) is 4.31 Å². The molecule has 6 heteroatoms. The topological polar surface area (TPSA) is 63.7 Å². The Morgan fingerprint density at radius 3 is 2.96 bits per heavy atom. The third-order valence-corrected chi connectivity index (χ3v) is 5.88. The monoisotopic (exact) mass is 337 g/mol. The molecule has 1 aromatic carbocycles. The lowest BCUT2D eigenvalue weighted by Crippen LogP contribution is -2.40. The summed E-state index contributed by atoms with van der Waals surface area (Å²) in [7, 11) is -1.90. The number of piperidine rings is 1. The number of ether oxygens (including phenoxy) is 1. The van der Waals surface area contributed by atoms with Crippen LogP contribution in [-0.2, 0) is 26.0 Å². The Kier molecular flexibility index (Phi) is 5.96. The van der Waals surface area contributed by atoms with Gasteiger partial charge in [-0.3, -0.25) is 4.79 Å². The Morgan fingerprint density at radius 1 is 1.48 bits per heavy atom. The molecule has 5 nitrogen and oxygen atoms in total. The molecular formula is C17H23NO4S. The number of benzene rings is 1. The van der Waals surface area contributed by atoms with Gasteiger partial charge in [0.15, 0.2) is 0 Å². The van der Waals surface area contributed by atoms with E-state index in [1.807, 2.05) is 24.3 Å². The molecule has 2 rings (SSSR count). The van der Waals surface area contributed by atoms with E-state index in [2.05, 4.69) is 6.58 Å². The Labute approximate surface area is 138 Å². The van der Waals surface area contributed by atoms with E-state index in [-0.39, 0.29) is 24.1 Å². The average molecular weight is 337 g/mol. The van der Waals surface area contributed by atoms with Gasteiger partial charge in [-0.25, -0.2) is 12.7 Å². The van der Waals surface area contributed by atoms with Crippen molar-refractivity contribution < 1.29 is 17.9 Å². The van der Waals surface area contributed by atoms with Crippen molar-refractivity contribution in [2.75, 3.05) is 26.0 Å². The average Bonchev–Trinajstić information content (AvgIpc) is 2.55. The number of nitrogens with zero attached hydrogens (tertiary/aromatic N) is 1.